The minimum atomic E-state index is -3.49. The van der Waals surface area contributed by atoms with Crippen LogP contribution in [-0.4, -0.2) is 37.8 Å². The fraction of sp³-hybridized carbons (Fsp3) is 0.250. The molecule has 1 saturated heterocycles. The van der Waals surface area contributed by atoms with Gasteiger partial charge in [-0.3, -0.25) is 4.79 Å². The summed E-state index contributed by atoms with van der Waals surface area (Å²) in [6, 6.07) is 18.8. The number of benzene rings is 2. The molecule has 3 aromatic rings. The molecule has 1 aliphatic heterocycles. The second-order valence-electron chi connectivity index (χ2n) is 7.93. The average Bonchev–Trinajstić information content (AvgIpc) is 3.31. The number of thiophene rings is 1. The molecule has 2 aromatic carbocycles. The molecule has 0 aliphatic carbocycles. The molecule has 2 heterocycles. The monoisotopic (exact) mass is 498 g/mol. The fourth-order valence-corrected chi connectivity index (χ4v) is 6.67. The highest BCUT2D eigenvalue weighted by Crippen LogP contribution is 2.27. The van der Waals surface area contributed by atoms with Crippen LogP contribution in [0.15, 0.2) is 70.9 Å². The van der Waals surface area contributed by atoms with E-state index in [-0.39, 0.29) is 22.6 Å². The summed E-state index contributed by atoms with van der Waals surface area (Å²) in [5, 5.41) is 8.27. The summed E-state index contributed by atoms with van der Waals surface area (Å²) in [6.07, 6.45) is 2.90. The van der Waals surface area contributed by atoms with Crippen molar-refractivity contribution in [3.63, 3.8) is 0 Å². The van der Waals surface area contributed by atoms with E-state index in [0.29, 0.717) is 35.0 Å². The van der Waals surface area contributed by atoms with Crippen molar-refractivity contribution in [2.45, 2.75) is 29.9 Å². The van der Waals surface area contributed by atoms with Crippen molar-refractivity contribution in [3.8, 4) is 0 Å². The number of amides is 3. The summed E-state index contributed by atoms with van der Waals surface area (Å²) in [4.78, 5) is 25.2. The minimum Gasteiger partial charge on any atom is -0.326 e. The van der Waals surface area contributed by atoms with Gasteiger partial charge in [0.05, 0.1) is 6.42 Å². The van der Waals surface area contributed by atoms with Crippen LogP contribution in [0, 0.1) is 0 Å². The number of anilines is 3. The molecule has 0 atom stereocenters. The molecular formula is C24H26N4O4S2. The molecule has 3 N–H and O–H groups in total. The zero-order valence-corrected chi connectivity index (χ0v) is 20.1. The van der Waals surface area contributed by atoms with Crippen LogP contribution < -0.4 is 16.0 Å². The highest BCUT2D eigenvalue weighted by Gasteiger charge is 2.27. The number of nitrogens with one attached hydrogen (secondary N) is 3. The van der Waals surface area contributed by atoms with E-state index in [0.717, 1.165) is 30.6 Å². The first kappa shape index (κ1) is 23.9. The van der Waals surface area contributed by atoms with Crippen molar-refractivity contribution >= 4 is 50.4 Å². The van der Waals surface area contributed by atoms with E-state index in [2.05, 4.69) is 16.0 Å². The summed E-state index contributed by atoms with van der Waals surface area (Å²) in [7, 11) is -3.49. The van der Waals surface area contributed by atoms with Gasteiger partial charge in [0.1, 0.15) is 4.21 Å². The Hall–Kier alpha value is -3.21. The van der Waals surface area contributed by atoms with Crippen molar-refractivity contribution in [1.29, 1.82) is 0 Å². The highest BCUT2D eigenvalue weighted by molar-refractivity contribution is 7.91. The number of piperidine rings is 1. The topological polar surface area (TPSA) is 108 Å². The second-order valence-corrected chi connectivity index (χ2v) is 11.3. The largest absolute Gasteiger partial charge is 0.326 e. The SMILES string of the molecule is O=C(Cc1ccc(S(=O)(=O)N2CCCCC2)s1)Nc1ccc(NC(=O)Nc2ccccc2)cc1. The Labute approximate surface area is 203 Å². The molecule has 4 rings (SSSR count). The van der Waals surface area contributed by atoms with Crippen molar-refractivity contribution in [2.24, 2.45) is 0 Å². The lowest BCUT2D eigenvalue weighted by Crippen LogP contribution is -2.35. The molecule has 0 spiro atoms. The van der Waals surface area contributed by atoms with Crippen LogP contribution in [0.3, 0.4) is 0 Å². The van der Waals surface area contributed by atoms with Crippen LogP contribution in [0.25, 0.3) is 0 Å². The van der Waals surface area contributed by atoms with Crippen LogP contribution in [0.4, 0.5) is 21.9 Å². The molecule has 0 bridgehead atoms. The van der Waals surface area contributed by atoms with Gasteiger partial charge >= 0.3 is 6.03 Å². The lowest BCUT2D eigenvalue weighted by molar-refractivity contribution is -0.115. The van der Waals surface area contributed by atoms with E-state index < -0.39 is 10.0 Å². The lowest BCUT2D eigenvalue weighted by atomic mass is 10.2. The molecule has 1 aliphatic rings. The second kappa shape index (κ2) is 10.8. The quantitative estimate of drug-likeness (QED) is 0.437. The minimum absolute atomic E-state index is 0.0830. The van der Waals surface area contributed by atoms with Crippen molar-refractivity contribution in [3.05, 3.63) is 71.6 Å². The summed E-state index contributed by atoms with van der Waals surface area (Å²) >= 11 is 1.14. The number of rotatable bonds is 7. The van der Waals surface area contributed by atoms with Crippen LogP contribution in [0.5, 0.6) is 0 Å². The van der Waals surface area contributed by atoms with Gasteiger partial charge in [-0.15, -0.1) is 11.3 Å². The molecule has 34 heavy (non-hydrogen) atoms. The van der Waals surface area contributed by atoms with Crippen molar-refractivity contribution in [2.75, 3.05) is 29.0 Å². The van der Waals surface area contributed by atoms with Gasteiger partial charge in [0.25, 0.3) is 10.0 Å². The van der Waals surface area contributed by atoms with E-state index in [9.17, 15) is 18.0 Å². The Bertz CT molecular complexity index is 1240. The van der Waals surface area contributed by atoms with E-state index in [4.69, 9.17) is 0 Å². The molecule has 178 valence electrons. The molecule has 0 unspecified atom stereocenters. The number of nitrogens with zero attached hydrogens (tertiary/aromatic N) is 1. The first-order chi connectivity index (χ1) is 16.4. The molecule has 1 fully saturated rings. The normalized spacial score (nSPS) is 14.4. The maximum absolute atomic E-state index is 12.8. The fourth-order valence-electron chi connectivity index (χ4n) is 3.64. The molecule has 0 radical (unpaired) electrons. The van der Waals surface area contributed by atoms with Crippen molar-refractivity contribution < 1.29 is 18.0 Å². The summed E-state index contributed by atoms with van der Waals surface area (Å²) in [5.41, 5.74) is 1.85. The van der Waals surface area contributed by atoms with Gasteiger partial charge in [0, 0.05) is 35.0 Å². The van der Waals surface area contributed by atoms with Gasteiger partial charge in [-0.2, -0.15) is 4.31 Å². The zero-order chi connectivity index (χ0) is 24.0. The van der Waals surface area contributed by atoms with E-state index in [1.54, 1.807) is 48.5 Å². The van der Waals surface area contributed by atoms with E-state index in [1.807, 2.05) is 18.2 Å². The third-order valence-electron chi connectivity index (χ3n) is 5.34. The Morgan fingerprint density at radius 3 is 2.00 bits per heavy atom. The Kier molecular flexibility index (Phi) is 7.61. The van der Waals surface area contributed by atoms with Gasteiger partial charge < -0.3 is 16.0 Å². The van der Waals surface area contributed by atoms with Gasteiger partial charge in [-0.05, 0) is 61.4 Å². The smallest absolute Gasteiger partial charge is 0.323 e. The number of hydrogen-bond acceptors (Lipinski definition) is 5. The number of para-hydroxylation sites is 1. The van der Waals surface area contributed by atoms with Crippen LogP contribution in [0.2, 0.25) is 0 Å². The van der Waals surface area contributed by atoms with Gasteiger partial charge in [0.2, 0.25) is 5.91 Å². The Morgan fingerprint density at radius 1 is 0.765 bits per heavy atom. The number of carbonyl (C=O) groups excluding carboxylic acids is 2. The molecular weight excluding hydrogens is 472 g/mol. The van der Waals surface area contributed by atoms with Crippen LogP contribution >= 0.6 is 11.3 Å². The van der Waals surface area contributed by atoms with E-state index >= 15 is 0 Å². The number of hydrogen-bond donors (Lipinski definition) is 3. The first-order valence-electron chi connectivity index (χ1n) is 11.0. The van der Waals surface area contributed by atoms with Gasteiger partial charge in [-0.25, -0.2) is 13.2 Å². The van der Waals surface area contributed by atoms with Gasteiger partial charge in [-0.1, -0.05) is 24.6 Å². The standard InChI is InChI=1S/C24H26N4O4S2/c29-22(17-21-13-14-23(33-21)34(31,32)28-15-5-2-6-16-28)25-19-9-11-20(12-10-19)27-24(30)26-18-7-3-1-4-8-18/h1,3-4,7-14H,2,5-6,15-17H2,(H,25,29)(H2,26,27,30). The summed E-state index contributed by atoms with van der Waals surface area (Å²) in [5.74, 6) is -0.244. The predicted molar refractivity (Wildman–Crippen MR) is 135 cm³/mol. The number of sulfonamides is 1. The molecule has 8 nitrogen and oxygen atoms in total. The summed E-state index contributed by atoms with van der Waals surface area (Å²) in [6.45, 7) is 1.10. The number of urea groups is 1. The van der Waals surface area contributed by atoms with Crippen LogP contribution in [0.1, 0.15) is 24.1 Å². The maximum atomic E-state index is 12.8. The highest BCUT2D eigenvalue weighted by atomic mass is 32.2. The Morgan fingerprint density at radius 2 is 1.35 bits per heavy atom. The predicted octanol–water partition coefficient (Wildman–Crippen LogP) is 4.75. The average molecular weight is 499 g/mol. The molecule has 1 aromatic heterocycles. The van der Waals surface area contributed by atoms with Crippen molar-refractivity contribution in [1.82, 2.24) is 4.31 Å². The molecule has 0 saturated carbocycles. The summed E-state index contributed by atoms with van der Waals surface area (Å²) < 4.78 is 27.4. The third kappa shape index (κ3) is 6.22. The third-order valence-corrected chi connectivity index (χ3v) is 8.79. The Balaban J connectivity index is 1.29. The molecule has 3 amide bonds. The number of carbonyl (C=O) groups is 2. The lowest BCUT2D eigenvalue weighted by Gasteiger charge is -2.25. The zero-order valence-electron chi connectivity index (χ0n) is 18.5. The molecule has 10 heteroatoms. The first-order valence-corrected chi connectivity index (χ1v) is 13.3. The van der Waals surface area contributed by atoms with E-state index in [1.165, 1.54) is 4.31 Å². The maximum Gasteiger partial charge on any atom is 0.323 e. The van der Waals surface area contributed by atoms with Gasteiger partial charge in [0.15, 0.2) is 0 Å². The van der Waals surface area contributed by atoms with Crippen LogP contribution in [-0.2, 0) is 21.2 Å².